The Morgan fingerprint density at radius 2 is 1.97 bits per heavy atom. The number of rotatable bonds is 9. The number of aromatic nitrogens is 2. The lowest BCUT2D eigenvalue weighted by molar-refractivity contribution is -0.00748. The van der Waals surface area contributed by atoms with E-state index in [1.54, 1.807) is 20.0 Å². The molecule has 1 aliphatic carbocycles. The van der Waals surface area contributed by atoms with E-state index in [-0.39, 0.29) is 11.5 Å². The van der Waals surface area contributed by atoms with Gasteiger partial charge in [0.1, 0.15) is 11.7 Å². The van der Waals surface area contributed by atoms with Crippen molar-refractivity contribution in [2.75, 3.05) is 11.9 Å². The molecule has 1 fully saturated rings. The van der Waals surface area contributed by atoms with Crippen LogP contribution in [0.4, 0.5) is 10.3 Å². The molecule has 2 atom stereocenters. The van der Waals surface area contributed by atoms with E-state index in [9.17, 15) is 14.8 Å². The van der Waals surface area contributed by atoms with Crippen molar-refractivity contribution in [1.29, 1.82) is 5.26 Å². The molecule has 0 spiro atoms. The van der Waals surface area contributed by atoms with E-state index in [1.165, 1.54) is 5.56 Å². The van der Waals surface area contributed by atoms with Crippen LogP contribution in [0.1, 0.15) is 75.8 Å². The number of aliphatic hydroxyl groups excluding tert-OH is 1. The Morgan fingerprint density at radius 1 is 1.24 bits per heavy atom. The molecule has 0 saturated heterocycles. The maximum absolute atomic E-state index is 13.8. The molecule has 0 aliphatic heterocycles. The molecule has 0 unspecified atom stereocenters. The van der Waals surface area contributed by atoms with Crippen LogP contribution in [0.25, 0.3) is 0 Å². The van der Waals surface area contributed by atoms with Crippen LogP contribution in [0.2, 0.25) is 0 Å². The van der Waals surface area contributed by atoms with Gasteiger partial charge in [-0.3, -0.25) is 0 Å². The van der Waals surface area contributed by atoms with Gasteiger partial charge in [0.15, 0.2) is 0 Å². The molecule has 1 aromatic heterocycles. The Bertz CT molecular complexity index is 977. The Kier molecular flexibility index (Phi) is 8.07. The number of nitriles is 1. The van der Waals surface area contributed by atoms with Crippen molar-refractivity contribution < 1.29 is 9.50 Å². The fourth-order valence-electron chi connectivity index (χ4n) is 4.67. The van der Waals surface area contributed by atoms with Crippen LogP contribution in [0.5, 0.6) is 0 Å². The summed E-state index contributed by atoms with van der Waals surface area (Å²) in [4.78, 5) is 8.98. The van der Waals surface area contributed by atoms with Gasteiger partial charge in [-0.25, -0.2) is 14.4 Å². The van der Waals surface area contributed by atoms with Crippen molar-refractivity contribution in [3.05, 3.63) is 52.8 Å². The highest BCUT2D eigenvalue weighted by Crippen LogP contribution is 2.40. The van der Waals surface area contributed by atoms with Gasteiger partial charge in [0.05, 0.1) is 23.6 Å². The zero-order chi connectivity index (χ0) is 24.1. The minimum absolute atomic E-state index is 0.113. The second kappa shape index (κ2) is 10.6. The highest BCUT2D eigenvalue weighted by atomic mass is 19.1. The van der Waals surface area contributed by atoms with E-state index in [2.05, 4.69) is 47.3 Å². The van der Waals surface area contributed by atoms with Crippen molar-refractivity contribution in [2.24, 2.45) is 11.3 Å². The van der Waals surface area contributed by atoms with Crippen LogP contribution in [0.3, 0.4) is 0 Å². The topological polar surface area (TPSA) is 81.8 Å². The first-order chi connectivity index (χ1) is 15.6. The zero-order valence-corrected chi connectivity index (χ0v) is 20.4. The first-order valence-electron chi connectivity index (χ1n) is 12.0. The Balaban J connectivity index is 1.58. The molecule has 1 heterocycles. The number of alkyl halides is 1. The summed E-state index contributed by atoms with van der Waals surface area (Å²) < 4.78 is 13.8. The molecule has 2 aromatic rings. The fourth-order valence-corrected chi connectivity index (χ4v) is 4.67. The van der Waals surface area contributed by atoms with Gasteiger partial charge in [-0.2, -0.15) is 5.26 Å². The van der Waals surface area contributed by atoms with Crippen LogP contribution < -0.4 is 5.32 Å². The van der Waals surface area contributed by atoms with Crippen molar-refractivity contribution in [1.82, 2.24) is 9.97 Å². The third-order valence-electron chi connectivity index (χ3n) is 6.73. The second-order valence-corrected chi connectivity index (χ2v) is 10.7. The smallest absolute Gasteiger partial charge is 0.222 e. The maximum Gasteiger partial charge on any atom is 0.222 e. The molecule has 33 heavy (non-hydrogen) atoms. The highest BCUT2D eigenvalue weighted by molar-refractivity contribution is 5.37. The van der Waals surface area contributed by atoms with Gasteiger partial charge >= 0.3 is 0 Å². The summed E-state index contributed by atoms with van der Waals surface area (Å²) in [7, 11) is 0. The van der Waals surface area contributed by atoms with Crippen LogP contribution in [-0.2, 0) is 19.3 Å². The summed E-state index contributed by atoms with van der Waals surface area (Å²) in [6.45, 7) is 8.12. The van der Waals surface area contributed by atoms with Crippen molar-refractivity contribution >= 4 is 5.95 Å². The predicted octanol–water partition coefficient (Wildman–Crippen LogP) is 5.41. The SMILES string of the molecule is CC(C)(F)CCc1cccc(CCNc2ncc(C#N)c(C[C@@H]3CC[C@H](O)C(C)(C)C3)n2)c1. The van der Waals surface area contributed by atoms with Crippen LogP contribution in [0.15, 0.2) is 30.5 Å². The normalized spacial score (nSPS) is 20.3. The number of nitrogens with zero attached hydrogens (tertiary/aromatic N) is 3. The summed E-state index contributed by atoms with van der Waals surface area (Å²) in [5.74, 6) is 0.935. The minimum Gasteiger partial charge on any atom is -0.393 e. The van der Waals surface area contributed by atoms with Gasteiger partial charge in [0.25, 0.3) is 0 Å². The maximum atomic E-state index is 13.8. The van der Waals surface area contributed by atoms with Gasteiger partial charge in [-0.15, -0.1) is 0 Å². The molecule has 5 nitrogen and oxygen atoms in total. The van der Waals surface area contributed by atoms with E-state index in [1.807, 2.05) is 12.1 Å². The van der Waals surface area contributed by atoms with Crippen molar-refractivity contribution in [3.63, 3.8) is 0 Å². The number of hydrogen-bond acceptors (Lipinski definition) is 5. The van der Waals surface area contributed by atoms with Gasteiger partial charge in [-0.05, 0) is 81.3 Å². The molecule has 0 radical (unpaired) electrons. The summed E-state index contributed by atoms with van der Waals surface area (Å²) in [5.41, 5.74) is 2.37. The molecule has 0 amide bonds. The standard InChI is InChI=1S/C27H37FN4O/c1-26(2)16-21(8-9-24(26)33)15-23-22(17-29)18-31-25(32-23)30-13-11-20-7-5-6-19(14-20)10-12-27(3,4)28/h5-7,14,18,21,24,33H,8-13,15-16H2,1-4H3,(H,30,31,32)/t21-,24-/m0/s1. The Hall–Kier alpha value is -2.52. The third-order valence-corrected chi connectivity index (χ3v) is 6.73. The average Bonchev–Trinajstić information content (AvgIpc) is 2.75. The fraction of sp³-hybridized carbons (Fsp3) is 0.593. The number of aryl methyl sites for hydroxylation is 1. The number of benzene rings is 1. The number of nitrogens with one attached hydrogen (secondary N) is 1. The zero-order valence-electron chi connectivity index (χ0n) is 20.4. The first-order valence-corrected chi connectivity index (χ1v) is 12.0. The molecule has 3 rings (SSSR count). The quantitative estimate of drug-likeness (QED) is 0.531. The lowest BCUT2D eigenvalue weighted by Gasteiger charge is -2.39. The van der Waals surface area contributed by atoms with E-state index in [0.717, 1.165) is 49.8 Å². The van der Waals surface area contributed by atoms with Gasteiger partial charge in [0.2, 0.25) is 5.95 Å². The molecule has 6 heteroatoms. The molecule has 1 aromatic carbocycles. The van der Waals surface area contributed by atoms with Crippen LogP contribution >= 0.6 is 0 Å². The summed E-state index contributed by atoms with van der Waals surface area (Å²) in [6, 6.07) is 10.5. The third kappa shape index (κ3) is 7.50. The largest absolute Gasteiger partial charge is 0.393 e. The van der Waals surface area contributed by atoms with E-state index < -0.39 is 5.67 Å². The number of aliphatic hydroxyl groups is 1. The second-order valence-electron chi connectivity index (χ2n) is 10.7. The average molecular weight is 453 g/mol. The predicted molar refractivity (Wildman–Crippen MR) is 130 cm³/mol. The number of anilines is 1. The lowest BCUT2D eigenvalue weighted by atomic mass is 9.69. The Morgan fingerprint density at radius 3 is 2.64 bits per heavy atom. The molecular formula is C27H37FN4O. The first kappa shape index (κ1) is 25.1. The van der Waals surface area contributed by atoms with E-state index >= 15 is 0 Å². The van der Waals surface area contributed by atoms with Crippen molar-refractivity contribution in [2.45, 2.75) is 84.4 Å². The number of hydrogen-bond donors (Lipinski definition) is 2. The molecule has 0 bridgehead atoms. The van der Waals surface area contributed by atoms with Crippen LogP contribution in [0, 0.1) is 22.7 Å². The molecule has 2 N–H and O–H groups in total. The molecule has 1 aliphatic rings. The monoisotopic (exact) mass is 452 g/mol. The molecular weight excluding hydrogens is 415 g/mol. The minimum atomic E-state index is -1.16. The molecule has 1 saturated carbocycles. The summed E-state index contributed by atoms with van der Waals surface area (Å²) in [5, 5.41) is 23.0. The van der Waals surface area contributed by atoms with Gasteiger partial charge < -0.3 is 10.4 Å². The summed E-state index contributed by atoms with van der Waals surface area (Å²) in [6.07, 6.45) is 6.75. The summed E-state index contributed by atoms with van der Waals surface area (Å²) >= 11 is 0. The Labute approximate surface area is 197 Å². The van der Waals surface area contributed by atoms with Crippen molar-refractivity contribution in [3.8, 4) is 6.07 Å². The molecule has 178 valence electrons. The van der Waals surface area contributed by atoms with E-state index in [4.69, 9.17) is 0 Å². The van der Waals surface area contributed by atoms with Gasteiger partial charge in [-0.1, -0.05) is 38.1 Å². The van der Waals surface area contributed by atoms with Crippen LogP contribution in [-0.4, -0.2) is 33.4 Å². The van der Waals surface area contributed by atoms with E-state index in [0.29, 0.717) is 30.4 Å². The van der Waals surface area contributed by atoms with Gasteiger partial charge in [0, 0.05) is 6.54 Å². The lowest BCUT2D eigenvalue weighted by Crippen LogP contribution is -2.37. The highest BCUT2D eigenvalue weighted by Gasteiger charge is 2.35. The number of halogens is 1.